The van der Waals surface area contributed by atoms with Crippen LogP contribution in [0, 0.1) is 7.05 Å². The maximum atomic E-state index is 3.90. The third-order valence-corrected chi connectivity index (χ3v) is 1.15. The summed E-state index contributed by atoms with van der Waals surface area (Å²) in [6.45, 7) is 2.00. The van der Waals surface area contributed by atoms with Crippen molar-refractivity contribution in [2.75, 3.05) is 6.54 Å². The van der Waals surface area contributed by atoms with Gasteiger partial charge in [-0.15, -0.1) is 0 Å². The lowest BCUT2D eigenvalue weighted by Gasteiger charge is -1.99. The van der Waals surface area contributed by atoms with E-state index in [2.05, 4.69) is 12.0 Å². The van der Waals surface area contributed by atoms with Crippen molar-refractivity contribution >= 4 is 0 Å². The van der Waals surface area contributed by atoms with Gasteiger partial charge < -0.3 is 9.88 Å². The van der Waals surface area contributed by atoms with Crippen LogP contribution in [0.5, 0.6) is 0 Å². The van der Waals surface area contributed by atoms with Gasteiger partial charge in [-0.1, -0.05) is 0 Å². The van der Waals surface area contributed by atoms with Crippen LogP contribution in [0.2, 0.25) is 0 Å². The van der Waals surface area contributed by atoms with Crippen LogP contribution in [-0.2, 0) is 6.54 Å². The number of quaternary nitrogens is 1. The first-order chi connectivity index (χ1) is 4.43. The van der Waals surface area contributed by atoms with E-state index in [1.165, 1.54) is 0 Å². The van der Waals surface area contributed by atoms with Gasteiger partial charge in [0.15, 0.2) is 0 Å². The van der Waals surface area contributed by atoms with E-state index in [1.807, 2.05) is 22.4 Å². The lowest BCUT2D eigenvalue weighted by atomic mass is 10.6. The van der Waals surface area contributed by atoms with Crippen molar-refractivity contribution in [1.29, 1.82) is 0 Å². The zero-order valence-corrected chi connectivity index (χ0v) is 5.33. The molecular formula is C6H11N3. The van der Waals surface area contributed by atoms with Gasteiger partial charge in [0, 0.05) is 12.4 Å². The second-order valence-electron chi connectivity index (χ2n) is 1.88. The molecule has 0 spiro atoms. The Bertz CT molecular complexity index is 145. The van der Waals surface area contributed by atoms with Crippen molar-refractivity contribution in [2.24, 2.45) is 0 Å². The zero-order valence-electron chi connectivity index (χ0n) is 5.33. The molecule has 0 unspecified atom stereocenters. The van der Waals surface area contributed by atoms with E-state index in [0.717, 1.165) is 13.1 Å². The molecule has 1 aromatic heterocycles. The molecule has 0 bridgehead atoms. The second-order valence-corrected chi connectivity index (χ2v) is 1.88. The molecule has 0 fully saturated rings. The molecule has 1 heterocycles. The van der Waals surface area contributed by atoms with Crippen molar-refractivity contribution in [3.05, 3.63) is 25.8 Å². The smallest absolute Gasteiger partial charge is 0.0947 e. The fraction of sp³-hybridized carbons (Fsp3) is 0.333. The molecule has 0 amide bonds. The van der Waals surface area contributed by atoms with E-state index in [4.69, 9.17) is 0 Å². The van der Waals surface area contributed by atoms with E-state index < -0.39 is 0 Å². The van der Waals surface area contributed by atoms with Crippen LogP contribution in [0.3, 0.4) is 0 Å². The molecule has 9 heavy (non-hydrogen) atoms. The molecule has 0 saturated carbocycles. The Balaban J connectivity index is 2.30. The number of nitrogens with two attached hydrogens (primary N) is 1. The molecule has 3 heteroatoms. The van der Waals surface area contributed by atoms with E-state index in [9.17, 15) is 0 Å². The van der Waals surface area contributed by atoms with Crippen LogP contribution in [0.1, 0.15) is 0 Å². The Morgan fingerprint density at radius 3 is 3.11 bits per heavy atom. The summed E-state index contributed by atoms with van der Waals surface area (Å²) < 4.78 is 2.03. The molecule has 0 aliphatic carbocycles. The summed E-state index contributed by atoms with van der Waals surface area (Å²) in [5.41, 5.74) is 0. The Kier molecular flexibility index (Phi) is 2.27. The first kappa shape index (κ1) is 6.29. The lowest BCUT2D eigenvalue weighted by molar-refractivity contribution is -0.596. The highest BCUT2D eigenvalue weighted by molar-refractivity contribution is 4.73. The van der Waals surface area contributed by atoms with Crippen LogP contribution in [0.4, 0.5) is 0 Å². The van der Waals surface area contributed by atoms with Gasteiger partial charge in [0.2, 0.25) is 0 Å². The summed E-state index contributed by atoms with van der Waals surface area (Å²) in [7, 11) is 3.63. The van der Waals surface area contributed by atoms with Crippen molar-refractivity contribution in [3.8, 4) is 0 Å². The molecule has 0 aliphatic heterocycles. The molecule has 2 N–H and O–H groups in total. The van der Waals surface area contributed by atoms with Crippen LogP contribution < -0.4 is 5.32 Å². The molecule has 0 aromatic carbocycles. The average Bonchev–Trinajstić information content (AvgIpc) is 2.34. The van der Waals surface area contributed by atoms with Crippen molar-refractivity contribution in [2.45, 2.75) is 6.54 Å². The monoisotopic (exact) mass is 125 g/mol. The summed E-state index contributed by atoms with van der Waals surface area (Å²) in [5.74, 6) is 0. The minimum atomic E-state index is 0.990. The van der Waals surface area contributed by atoms with Crippen molar-refractivity contribution in [1.82, 2.24) is 9.55 Å². The van der Waals surface area contributed by atoms with Crippen LogP contribution in [0.15, 0.2) is 18.7 Å². The highest BCUT2D eigenvalue weighted by atomic mass is 15.0. The quantitative estimate of drug-likeness (QED) is 0.529. The van der Waals surface area contributed by atoms with Crippen LogP contribution in [0.25, 0.3) is 0 Å². The standard InChI is InChI=1S/C6H11N3/c1-7-2-4-9-5-3-8-6-9/h3,5-6H,1-2,4,7H2. The molecule has 0 radical (unpaired) electrons. The minimum absolute atomic E-state index is 0.990. The van der Waals surface area contributed by atoms with E-state index in [0.29, 0.717) is 0 Å². The summed E-state index contributed by atoms with van der Waals surface area (Å²) in [5, 5.41) is 1.90. The molecule has 3 nitrogen and oxygen atoms in total. The van der Waals surface area contributed by atoms with Gasteiger partial charge in [-0.2, -0.15) is 7.05 Å². The normalized spacial score (nSPS) is 9.89. The fourth-order valence-corrected chi connectivity index (χ4v) is 0.659. The zero-order chi connectivity index (χ0) is 6.53. The van der Waals surface area contributed by atoms with E-state index >= 15 is 0 Å². The number of aromatic nitrogens is 2. The third-order valence-electron chi connectivity index (χ3n) is 1.15. The maximum absolute atomic E-state index is 3.90. The Labute approximate surface area is 54.7 Å². The molecule has 0 atom stereocenters. The molecular weight excluding hydrogens is 114 g/mol. The number of hydrogen-bond acceptors (Lipinski definition) is 1. The largest absolute Gasteiger partial charge is 0.477 e. The second kappa shape index (κ2) is 3.25. The first-order valence-electron chi connectivity index (χ1n) is 3.00. The van der Waals surface area contributed by atoms with Gasteiger partial charge in [-0.3, -0.25) is 0 Å². The highest BCUT2D eigenvalue weighted by Gasteiger charge is 1.85. The molecule has 0 aliphatic rings. The molecule has 1 aromatic rings. The Morgan fingerprint density at radius 2 is 2.56 bits per heavy atom. The van der Waals surface area contributed by atoms with Crippen molar-refractivity contribution in [3.63, 3.8) is 0 Å². The van der Waals surface area contributed by atoms with Gasteiger partial charge in [-0.25, -0.2) is 4.98 Å². The maximum Gasteiger partial charge on any atom is 0.0947 e. The Hall–Kier alpha value is -0.830. The molecule has 50 valence electrons. The summed E-state index contributed by atoms with van der Waals surface area (Å²) in [4.78, 5) is 3.90. The topological polar surface area (TPSA) is 34.4 Å². The molecule has 1 rings (SSSR count). The molecule has 0 saturated heterocycles. The SMILES string of the molecule is [CH2-][NH2+]CCn1ccnc1. The van der Waals surface area contributed by atoms with E-state index in [1.54, 1.807) is 6.20 Å². The average molecular weight is 125 g/mol. The number of nitrogens with zero attached hydrogens (tertiary/aromatic N) is 2. The Morgan fingerprint density at radius 1 is 1.67 bits per heavy atom. The van der Waals surface area contributed by atoms with Gasteiger partial charge in [0.05, 0.1) is 19.4 Å². The first-order valence-corrected chi connectivity index (χ1v) is 3.00. The van der Waals surface area contributed by atoms with E-state index in [-0.39, 0.29) is 0 Å². The van der Waals surface area contributed by atoms with Gasteiger partial charge in [0.1, 0.15) is 0 Å². The predicted molar refractivity (Wildman–Crippen MR) is 34.4 cm³/mol. The highest BCUT2D eigenvalue weighted by Crippen LogP contribution is 1.80. The number of hydrogen-bond donors (Lipinski definition) is 1. The summed E-state index contributed by atoms with van der Waals surface area (Å²) in [6, 6.07) is 0. The van der Waals surface area contributed by atoms with Crippen LogP contribution in [-0.4, -0.2) is 16.1 Å². The van der Waals surface area contributed by atoms with Crippen LogP contribution >= 0.6 is 0 Å². The summed E-state index contributed by atoms with van der Waals surface area (Å²) >= 11 is 0. The minimum Gasteiger partial charge on any atom is -0.477 e. The van der Waals surface area contributed by atoms with Gasteiger partial charge >= 0.3 is 0 Å². The summed E-state index contributed by atoms with van der Waals surface area (Å²) in [6.07, 6.45) is 5.54. The number of rotatable bonds is 3. The van der Waals surface area contributed by atoms with Gasteiger partial charge in [0.25, 0.3) is 0 Å². The lowest BCUT2D eigenvalue weighted by Crippen LogP contribution is -2.77. The van der Waals surface area contributed by atoms with Crippen molar-refractivity contribution < 1.29 is 5.32 Å². The van der Waals surface area contributed by atoms with Gasteiger partial charge in [-0.05, 0) is 0 Å². The third kappa shape index (κ3) is 1.85. The predicted octanol–water partition coefficient (Wildman–Crippen LogP) is -0.762. The number of imidazole rings is 1. The fourth-order valence-electron chi connectivity index (χ4n) is 0.659.